The van der Waals surface area contributed by atoms with E-state index in [1.54, 1.807) is 0 Å². The van der Waals surface area contributed by atoms with Crippen molar-refractivity contribution in [3.05, 3.63) is 0 Å². The molecule has 0 aromatic carbocycles. The first-order chi connectivity index (χ1) is 7.61. The average Bonchev–Trinajstić information content (AvgIpc) is 2.24. The van der Waals surface area contributed by atoms with Crippen molar-refractivity contribution in [2.75, 3.05) is 6.61 Å². The Morgan fingerprint density at radius 3 is 1.88 bits per heavy atom. The number of unbranched alkanes of at least 4 members (excludes halogenated alkanes) is 3. The molecule has 0 saturated carbocycles. The molecular weight excluding hydrogens is 208 g/mol. The number of hydrogen-bond donors (Lipinski definition) is 4. The fourth-order valence-electron chi connectivity index (χ4n) is 1.79. The van der Waals surface area contributed by atoms with Gasteiger partial charge in [0.15, 0.2) is 6.29 Å². The molecule has 0 amide bonds. The Bertz CT molecular complexity index is 146. The van der Waals surface area contributed by atoms with Crippen molar-refractivity contribution in [2.24, 2.45) is 5.92 Å². The van der Waals surface area contributed by atoms with Gasteiger partial charge in [0.2, 0.25) is 0 Å². The molecule has 0 rings (SSSR count). The van der Waals surface area contributed by atoms with Crippen LogP contribution in [0.2, 0.25) is 0 Å². The summed E-state index contributed by atoms with van der Waals surface area (Å²) in [4.78, 5) is 0. The third kappa shape index (κ3) is 8.05. The maximum atomic E-state index is 9.71. The molecule has 0 saturated heterocycles. The molecule has 0 aliphatic rings. The van der Waals surface area contributed by atoms with Crippen LogP contribution in [0.4, 0.5) is 0 Å². The maximum absolute atomic E-state index is 9.71. The lowest BCUT2D eigenvalue weighted by atomic mass is 9.95. The summed E-state index contributed by atoms with van der Waals surface area (Å²) < 4.78 is 0. The Morgan fingerprint density at radius 2 is 1.44 bits per heavy atom. The standard InChI is InChI=1S/C12H26O4/c1-2-10(9-13)11(14)7-5-3-4-6-8-12(15)16/h10-16H,2-9H2,1H3. The predicted octanol–water partition coefficient (Wildman–Crippen LogP) is 1.02. The van der Waals surface area contributed by atoms with E-state index in [4.69, 9.17) is 15.3 Å². The highest BCUT2D eigenvalue weighted by Crippen LogP contribution is 2.15. The highest BCUT2D eigenvalue weighted by atomic mass is 16.5. The Labute approximate surface area is 97.9 Å². The van der Waals surface area contributed by atoms with Crippen molar-refractivity contribution in [2.45, 2.75) is 64.3 Å². The van der Waals surface area contributed by atoms with E-state index in [-0.39, 0.29) is 12.5 Å². The average molecular weight is 234 g/mol. The largest absolute Gasteiger partial charge is 0.396 e. The van der Waals surface area contributed by atoms with E-state index in [0.717, 1.165) is 38.5 Å². The summed E-state index contributed by atoms with van der Waals surface area (Å²) in [5.41, 5.74) is 0. The second-order valence-corrected chi connectivity index (χ2v) is 4.39. The smallest absolute Gasteiger partial charge is 0.151 e. The number of hydrogen-bond acceptors (Lipinski definition) is 4. The molecule has 0 aliphatic heterocycles. The molecule has 0 fully saturated rings. The van der Waals surface area contributed by atoms with E-state index in [1.807, 2.05) is 6.92 Å². The van der Waals surface area contributed by atoms with Gasteiger partial charge < -0.3 is 20.4 Å². The quantitative estimate of drug-likeness (QED) is 0.336. The normalized spacial score (nSPS) is 15.4. The minimum Gasteiger partial charge on any atom is -0.396 e. The number of aliphatic hydroxyl groups excluding tert-OH is 3. The first-order valence-electron chi connectivity index (χ1n) is 6.26. The van der Waals surface area contributed by atoms with Gasteiger partial charge in [0.25, 0.3) is 0 Å². The fourth-order valence-corrected chi connectivity index (χ4v) is 1.79. The molecule has 0 aliphatic carbocycles. The van der Waals surface area contributed by atoms with Crippen LogP contribution in [0.25, 0.3) is 0 Å². The lowest BCUT2D eigenvalue weighted by molar-refractivity contribution is -0.0466. The van der Waals surface area contributed by atoms with Crippen molar-refractivity contribution in [3.8, 4) is 0 Å². The van der Waals surface area contributed by atoms with E-state index >= 15 is 0 Å². The first-order valence-corrected chi connectivity index (χ1v) is 6.26. The summed E-state index contributed by atoms with van der Waals surface area (Å²) in [5.74, 6) is -0.000681. The SMILES string of the molecule is CCC(CO)C(O)CCCCCCC(O)O. The minimum absolute atomic E-state index is 0.000681. The Kier molecular flexibility index (Phi) is 9.92. The summed E-state index contributed by atoms with van der Waals surface area (Å²) in [5, 5.41) is 35.9. The van der Waals surface area contributed by atoms with Crippen molar-refractivity contribution in [3.63, 3.8) is 0 Å². The van der Waals surface area contributed by atoms with E-state index in [1.165, 1.54) is 0 Å². The molecule has 4 nitrogen and oxygen atoms in total. The third-order valence-electron chi connectivity index (χ3n) is 3.02. The van der Waals surface area contributed by atoms with Gasteiger partial charge in [-0.3, -0.25) is 0 Å². The van der Waals surface area contributed by atoms with Crippen LogP contribution in [-0.4, -0.2) is 39.4 Å². The monoisotopic (exact) mass is 234 g/mol. The zero-order valence-electron chi connectivity index (χ0n) is 10.2. The van der Waals surface area contributed by atoms with Crippen molar-refractivity contribution < 1.29 is 20.4 Å². The third-order valence-corrected chi connectivity index (χ3v) is 3.02. The molecule has 0 radical (unpaired) electrons. The van der Waals surface area contributed by atoms with Crippen LogP contribution in [0, 0.1) is 5.92 Å². The predicted molar refractivity (Wildman–Crippen MR) is 62.8 cm³/mol. The first kappa shape index (κ1) is 15.8. The highest BCUT2D eigenvalue weighted by molar-refractivity contribution is 4.66. The second kappa shape index (κ2) is 10.0. The number of rotatable bonds is 10. The molecule has 2 unspecified atom stereocenters. The lowest BCUT2D eigenvalue weighted by Gasteiger charge is -2.18. The molecule has 2 atom stereocenters. The van der Waals surface area contributed by atoms with E-state index < -0.39 is 12.4 Å². The van der Waals surface area contributed by atoms with E-state index in [0.29, 0.717) is 6.42 Å². The van der Waals surface area contributed by atoms with Crippen LogP contribution in [0.1, 0.15) is 51.9 Å². The van der Waals surface area contributed by atoms with Gasteiger partial charge in [-0.2, -0.15) is 0 Å². The molecular formula is C12H26O4. The molecule has 0 bridgehead atoms. The Hall–Kier alpha value is -0.160. The van der Waals surface area contributed by atoms with Crippen LogP contribution in [0.3, 0.4) is 0 Å². The summed E-state index contributed by atoms with van der Waals surface area (Å²) in [7, 11) is 0. The topological polar surface area (TPSA) is 80.9 Å². The maximum Gasteiger partial charge on any atom is 0.151 e. The second-order valence-electron chi connectivity index (χ2n) is 4.39. The van der Waals surface area contributed by atoms with E-state index in [9.17, 15) is 5.11 Å². The van der Waals surface area contributed by atoms with Gasteiger partial charge in [-0.25, -0.2) is 0 Å². The molecule has 4 heteroatoms. The fraction of sp³-hybridized carbons (Fsp3) is 1.00. The van der Waals surface area contributed by atoms with Crippen LogP contribution < -0.4 is 0 Å². The van der Waals surface area contributed by atoms with Crippen molar-refractivity contribution >= 4 is 0 Å². The van der Waals surface area contributed by atoms with Gasteiger partial charge in [0.05, 0.1) is 6.10 Å². The Morgan fingerprint density at radius 1 is 0.875 bits per heavy atom. The van der Waals surface area contributed by atoms with Crippen LogP contribution in [0.5, 0.6) is 0 Å². The zero-order valence-corrected chi connectivity index (χ0v) is 10.2. The molecule has 0 aromatic heterocycles. The van der Waals surface area contributed by atoms with E-state index in [2.05, 4.69) is 0 Å². The summed E-state index contributed by atoms with van der Waals surface area (Å²) >= 11 is 0. The summed E-state index contributed by atoms with van der Waals surface area (Å²) in [6, 6.07) is 0. The van der Waals surface area contributed by atoms with Gasteiger partial charge in [0, 0.05) is 12.5 Å². The minimum atomic E-state index is -1.19. The molecule has 0 spiro atoms. The van der Waals surface area contributed by atoms with Crippen molar-refractivity contribution in [1.82, 2.24) is 0 Å². The van der Waals surface area contributed by atoms with Crippen LogP contribution in [0.15, 0.2) is 0 Å². The molecule has 0 heterocycles. The van der Waals surface area contributed by atoms with Crippen molar-refractivity contribution in [1.29, 1.82) is 0 Å². The van der Waals surface area contributed by atoms with Crippen LogP contribution >= 0.6 is 0 Å². The van der Waals surface area contributed by atoms with Gasteiger partial charge >= 0.3 is 0 Å². The van der Waals surface area contributed by atoms with Gasteiger partial charge in [-0.15, -0.1) is 0 Å². The number of aliphatic hydroxyl groups is 4. The lowest BCUT2D eigenvalue weighted by Crippen LogP contribution is -2.22. The zero-order chi connectivity index (χ0) is 12.4. The van der Waals surface area contributed by atoms with Gasteiger partial charge in [0.1, 0.15) is 0 Å². The summed E-state index contributed by atoms with van der Waals surface area (Å²) in [6.07, 6.45) is 4.05. The molecule has 0 aromatic rings. The molecule has 4 N–H and O–H groups in total. The van der Waals surface area contributed by atoms with Gasteiger partial charge in [-0.05, 0) is 25.7 Å². The molecule has 16 heavy (non-hydrogen) atoms. The van der Waals surface area contributed by atoms with Gasteiger partial charge in [-0.1, -0.05) is 26.2 Å². The molecule has 98 valence electrons. The highest BCUT2D eigenvalue weighted by Gasteiger charge is 2.15. The summed E-state index contributed by atoms with van der Waals surface area (Å²) in [6.45, 7) is 2.01. The Balaban J connectivity index is 3.36. The van der Waals surface area contributed by atoms with Crippen LogP contribution in [-0.2, 0) is 0 Å².